The number of hydrogen-bond acceptors (Lipinski definition) is 0. The van der Waals surface area contributed by atoms with Gasteiger partial charge in [-0.25, -0.2) is 0 Å². The maximum absolute atomic E-state index is 4.02. The Hall–Kier alpha value is -0.780. The van der Waals surface area contributed by atoms with Crippen LogP contribution in [0.15, 0.2) is 36.5 Å². The third-order valence-electron chi connectivity index (χ3n) is 2.73. The molecular formula is C16H27. The Morgan fingerprint density at radius 3 is 1.44 bits per heavy atom. The molecule has 0 bridgehead atoms. The fraction of sp³-hybridized carbons (Fsp3) is 0.562. The van der Waals surface area contributed by atoms with E-state index in [1.807, 2.05) is 0 Å². The molecule has 16 heavy (non-hydrogen) atoms. The highest BCUT2D eigenvalue weighted by Crippen LogP contribution is 2.41. The van der Waals surface area contributed by atoms with E-state index in [0.29, 0.717) is 0 Å². The summed E-state index contributed by atoms with van der Waals surface area (Å²) in [6.07, 6.45) is 3.06. The van der Waals surface area contributed by atoms with Crippen molar-refractivity contribution in [3.8, 4) is 0 Å². The maximum Gasteiger partial charge on any atom is -0.0102 e. The number of rotatable bonds is 7. The zero-order chi connectivity index (χ0) is 12.9. The third kappa shape index (κ3) is 5.95. The number of allylic oxidation sites excluding steroid dienone is 3. The molecule has 0 saturated carbocycles. The Balaban J connectivity index is 4.77. The van der Waals surface area contributed by atoms with Gasteiger partial charge >= 0.3 is 0 Å². The van der Waals surface area contributed by atoms with Crippen molar-refractivity contribution < 1.29 is 0 Å². The van der Waals surface area contributed by atoms with Crippen molar-refractivity contribution in [2.45, 2.75) is 53.9 Å². The molecule has 0 aliphatic rings. The van der Waals surface area contributed by atoms with Crippen LogP contribution in [0.4, 0.5) is 0 Å². The second-order valence-electron chi connectivity index (χ2n) is 5.89. The van der Waals surface area contributed by atoms with E-state index >= 15 is 0 Å². The fourth-order valence-corrected chi connectivity index (χ4v) is 2.15. The van der Waals surface area contributed by atoms with Crippen LogP contribution in [-0.4, -0.2) is 0 Å². The molecule has 0 aromatic rings. The zero-order valence-electron chi connectivity index (χ0n) is 11.7. The van der Waals surface area contributed by atoms with Gasteiger partial charge in [-0.15, -0.1) is 19.7 Å². The largest absolute Gasteiger partial charge is 0.100 e. The topological polar surface area (TPSA) is 0 Å². The van der Waals surface area contributed by atoms with Gasteiger partial charge in [0.25, 0.3) is 0 Å². The van der Waals surface area contributed by atoms with E-state index in [9.17, 15) is 0 Å². The van der Waals surface area contributed by atoms with Gasteiger partial charge < -0.3 is 0 Å². The van der Waals surface area contributed by atoms with Gasteiger partial charge in [0.1, 0.15) is 0 Å². The highest BCUT2D eigenvalue weighted by molar-refractivity contribution is 5.18. The van der Waals surface area contributed by atoms with Crippen molar-refractivity contribution in [1.82, 2.24) is 0 Å². The molecule has 0 aromatic heterocycles. The molecule has 0 atom stereocenters. The van der Waals surface area contributed by atoms with Crippen LogP contribution in [0.5, 0.6) is 0 Å². The summed E-state index contributed by atoms with van der Waals surface area (Å²) in [5.41, 5.74) is 3.90. The van der Waals surface area contributed by atoms with Gasteiger partial charge in [0.15, 0.2) is 0 Å². The summed E-state index contributed by atoms with van der Waals surface area (Å²) in [5, 5.41) is 0. The molecule has 0 fully saturated rings. The average Bonchev–Trinajstić information content (AvgIpc) is 1.98. The van der Waals surface area contributed by atoms with Crippen LogP contribution in [0.1, 0.15) is 53.9 Å². The molecule has 0 aliphatic heterocycles. The Bertz CT molecular complexity index is 262. The Morgan fingerprint density at radius 1 is 0.812 bits per heavy atom. The zero-order valence-corrected chi connectivity index (χ0v) is 11.7. The molecule has 0 N–H and O–H groups in total. The minimum absolute atomic E-state index is 0.198. The Labute approximate surface area is 102 Å². The van der Waals surface area contributed by atoms with Crippen LogP contribution < -0.4 is 0 Å². The van der Waals surface area contributed by atoms with Crippen LogP contribution in [0.3, 0.4) is 0 Å². The molecule has 0 aliphatic carbocycles. The first kappa shape index (κ1) is 15.2. The smallest absolute Gasteiger partial charge is 0.0102 e. The predicted octanol–water partition coefficient (Wildman–Crippen LogP) is 5.49. The molecule has 0 amide bonds. The van der Waals surface area contributed by atoms with Gasteiger partial charge in [0.2, 0.25) is 0 Å². The normalized spacial score (nSPS) is 11.6. The van der Waals surface area contributed by atoms with E-state index in [-0.39, 0.29) is 5.41 Å². The van der Waals surface area contributed by atoms with Crippen molar-refractivity contribution in [3.63, 3.8) is 0 Å². The third-order valence-corrected chi connectivity index (χ3v) is 2.73. The van der Waals surface area contributed by atoms with Crippen molar-refractivity contribution in [3.05, 3.63) is 42.4 Å². The fourth-order valence-electron chi connectivity index (χ4n) is 2.15. The van der Waals surface area contributed by atoms with Crippen LogP contribution in [0, 0.1) is 11.3 Å². The Morgan fingerprint density at radius 2 is 1.19 bits per heavy atom. The quantitative estimate of drug-likeness (QED) is 0.497. The first-order valence-corrected chi connectivity index (χ1v) is 5.93. The van der Waals surface area contributed by atoms with Crippen molar-refractivity contribution in [2.75, 3.05) is 0 Å². The van der Waals surface area contributed by atoms with E-state index in [4.69, 9.17) is 0 Å². The van der Waals surface area contributed by atoms with Crippen LogP contribution in [-0.2, 0) is 0 Å². The van der Waals surface area contributed by atoms with Gasteiger partial charge in [0, 0.05) is 0 Å². The van der Waals surface area contributed by atoms with Gasteiger partial charge in [0.05, 0.1) is 0 Å². The molecule has 0 heterocycles. The lowest BCUT2D eigenvalue weighted by Crippen LogP contribution is -2.23. The van der Waals surface area contributed by atoms with Gasteiger partial charge in [-0.1, -0.05) is 30.6 Å². The van der Waals surface area contributed by atoms with Crippen molar-refractivity contribution in [1.29, 1.82) is 0 Å². The van der Waals surface area contributed by atoms with Crippen molar-refractivity contribution in [2.24, 2.45) is 5.41 Å². The minimum atomic E-state index is 0.198. The second-order valence-corrected chi connectivity index (χ2v) is 5.89. The molecule has 0 aromatic carbocycles. The Kier molecular flexibility index (Phi) is 5.78. The van der Waals surface area contributed by atoms with Gasteiger partial charge in [-0.3, -0.25) is 0 Å². The van der Waals surface area contributed by atoms with Crippen LogP contribution in [0.25, 0.3) is 0 Å². The summed E-state index contributed by atoms with van der Waals surface area (Å²) in [6, 6.07) is 0. The second kappa shape index (κ2) is 6.08. The standard InChI is InChI=1S/C16H27/c1-12(2)9-15(10-13(3)4)16(7,8)11-14(5)6/h1,3,5,9-11H2,2,4,6-8H3. The van der Waals surface area contributed by atoms with E-state index < -0.39 is 0 Å². The van der Waals surface area contributed by atoms with Crippen LogP contribution >= 0.6 is 0 Å². The maximum atomic E-state index is 4.02. The lowest BCUT2D eigenvalue weighted by atomic mass is 9.70. The highest BCUT2D eigenvalue weighted by Gasteiger charge is 2.29. The molecule has 0 spiro atoms. The average molecular weight is 219 g/mol. The summed E-state index contributed by atoms with van der Waals surface area (Å²) in [6.45, 7) is 22.9. The first-order valence-electron chi connectivity index (χ1n) is 5.93. The van der Waals surface area contributed by atoms with Crippen LogP contribution in [0.2, 0.25) is 0 Å². The molecule has 0 unspecified atom stereocenters. The van der Waals surface area contributed by atoms with Gasteiger partial charge in [-0.05, 0) is 51.4 Å². The minimum Gasteiger partial charge on any atom is -0.100 e. The molecule has 91 valence electrons. The molecule has 1 radical (unpaired) electrons. The SMILES string of the molecule is C=C(C)C[C](CC(=C)C)C(C)(C)CC(=C)C. The van der Waals surface area contributed by atoms with E-state index in [0.717, 1.165) is 19.3 Å². The molecular weight excluding hydrogens is 192 g/mol. The monoisotopic (exact) mass is 219 g/mol. The molecule has 0 rings (SSSR count). The summed E-state index contributed by atoms with van der Waals surface area (Å²) in [5.74, 6) is 1.52. The number of hydrogen-bond donors (Lipinski definition) is 0. The summed E-state index contributed by atoms with van der Waals surface area (Å²) in [7, 11) is 0. The lowest BCUT2D eigenvalue weighted by Gasteiger charge is -2.35. The first-order chi connectivity index (χ1) is 7.15. The molecule has 0 heteroatoms. The summed E-state index contributed by atoms with van der Waals surface area (Å²) >= 11 is 0. The summed E-state index contributed by atoms with van der Waals surface area (Å²) < 4.78 is 0. The van der Waals surface area contributed by atoms with E-state index in [1.54, 1.807) is 0 Å². The van der Waals surface area contributed by atoms with Gasteiger partial charge in [-0.2, -0.15) is 0 Å². The van der Waals surface area contributed by atoms with E-state index in [2.05, 4.69) is 54.4 Å². The molecule has 0 saturated heterocycles. The predicted molar refractivity (Wildman–Crippen MR) is 75.3 cm³/mol. The molecule has 0 nitrogen and oxygen atoms in total. The van der Waals surface area contributed by atoms with Crippen molar-refractivity contribution >= 4 is 0 Å². The lowest BCUT2D eigenvalue weighted by molar-refractivity contribution is 0.358. The van der Waals surface area contributed by atoms with E-state index in [1.165, 1.54) is 22.6 Å². The summed E-state index contributed by atoms with van der Waals surface area (Å²) in [4.78, 5) is 0. The highest BCUT2D eigenvalue weighted by atomic mass is 14.3.